The van der Waals surface area contributed by atoms with Crippen molar-refractivity contribution in [1.82, 2.24) is 10.2 Å². The second kappa shape index (κ2) is 9.55. The molecule has 0 bridgehead atoms. The van der Waals surface area contributed by atoms with Gasteiger partial charge in [0.25, 0.3) is 0 Å². The van der Waals surface area contributed by atoms with Gasteiger partial charge >= 0.3 is 0 Å². The van der Waals surface area contributed by atoms with Gasteiger partial charge in [0.15, 0.2) is 0 Å². The SMILES string of the molecule is CC(C)NC(C)[C@H](F)CN(Cc1ccccc1)Cc1ccccc1. The molecule has 1 N–H and O–H groups in total. The molecule has 0 aliphatic carbocycles. The van der Waals surface area contributed by atoms with Crippen LogP contribution in [0.15, 0.2) is 60.7 Å². The van der Waals surface area contributed by atoms with E-state index < -0.39 is 6.17 Å². The Balaban J connectivity index is 2.04. The zero-order chi connectivity index (χ0) is 17.4. The molecule has 24 heavy (non-hydrogen) atoms. The molecule has 1 unspecified atom stereocenters. The lowest BCUT2D eigenvalue weighted by Gasteiger charge is -2.28. The fourth-order valence-corrected chi connectivity index (χ4v) is 2.90. The highest BCUT2D eigenvalue weighted by Crippen LogP contribution is 2.13. The first-order valence-corrected chi connectivity index (χ1v) is 8.75. The van der Waals surface area contributed by atoms with Crippen LogP contribution in [0.2, 0.25) is 0 Å². The summed E-state index contributed by atoms with van der Waals surface area (Å²) >= 11 is 0. The third kappa shape index (κ3) is 6.42. The lowest BCUT2D eigenvalue weighted by molar-refractivity contribution is 0.148. The zero-order valence-corrected chi connectivity index (χ0v) is 15.0. The van der Waals surface area contributed by atoms with E-state index in [1.54, 1.807) is 0 Å². The van der Waals surface area contributed by atoms with Gasteiger partial charge in [0, 0.05) is 31.7 Å². The highest BCUT2D eigenvalue weighted by Gasteiger charge is 2.20. The van der Waals surface area contributed by atoms with Crippen LogP contribution in [0.5, 0.6) is 0 Å². The van der Waals surface area contributed by atoms with Crippen molar-refractivity contribution in [3.8, 4) is 0 Å². The molecule has 0 radical (unpaired) electrons. The average molecular weight is 328 g/mol. The minimum Gasteiger partial charge on any atom is -0.309 e. The van der Waals surface area contributed by atoms with E-state index in [9.17, 15) is 4.39 Å². The second-order valence-corrected chi connectivity index (χ2v) is 6.77. The molecular weight excluding hydrogens is 299 g/mol. The molecule has 0 fully saturated rings. The van der Waals surface area contributed by atoms with Crippen LogP contribution in [-0.4, -0.2) is 29.7 Å². The standard InChI is InChI=1S/C21H29FN2/c1-17(2)23-18(3)21(22)16-24(14-19-10-6-4-7-11-19)15-20-12-8-5-9-13-20/h4-13,17-18,21,23H,14-16H2,1-3H3/t18?,21-/m1/s1. The molecule has 0 saturated carbocycles. The average Bonchev–Trinajstić information content (AvgIpc) is 2.56. The summed E-state index contributed by atoms with van der Waals surface area (Å²) in [5.41, 5.74) is 2.43. The topological polar surface area (TPSA) is 15.3 Å². The lowest BCUT2D eigenvalue weighted by atomic mass is 10.1. The van der Waals surface area contributed by atoms with Crippen LogP contribution in [0.4, 0.5) is 4.39 Å². The van der Waals surface area contributed by atoms with Gasteiger partial charge in [-0.05, 0) is 18.1 Å². The number of nitrogens with zero attached hydrogens (tertiary/aromatic N) is 1. The minimum atomic E-state index is -0.903. The molecule has 0 aliphatic rings. The van der Waals surface area contributed by atoms with Crippen molar-refractivity contribution in [3.05, 3.63) is 71.8 Å². The Bertz CT molecular complexity index is 529. The van der Waals surface area contributed by atoms with Gasteiger partial charge in [0.05, 0.1) is 0 Å². The quantitative estimate of drug-likeness (QED) is 0.733. The maximum Gasteiger partial charge on any atom is 0.128 e. The van der Waals surface area contributed by atoms with Crippen molar-refractivity contribution in [1.29, 1.82) is 0 Å². The molecule has 130 valence electrons. The third-order valence-corrected chi connectivity index (χ3v) is 4.07. The van der Waals surface area contributed by atoms with Crippen molar-refractivity contribution in [3.63, 3.8) is 0 Å². The van der Waals surface area contributed by atoms with Crippen molar-refractivity contribution in [2.24, 2.45) is 0 Å². The van der Waals surface area contributed by atoms with Gasteiger partial charge < -0.3 is 5.32 Å². The Morgan fingerprint density at radius 1 is 0.833 bits per heavy atom. The highest BCUT2D eigenvalue weighted by atomic mass is 19.1. The molecule has 3 heteroatoms. The summed E-state index contributed by atoms with van der Waals surface area (Å²) in [6.07, 6.45) is -0.903. The van der Waals surface area contributed by atoms with Crippen LogP contribution in [0.3, 0.4) is 0 Å². The van der Waals surface area contributed by atoms with E-state index in [-0.39, 0.29) is 12.1 Å². The number of hydrogen-bond acceptors (Lipinski definition) is 2. The van der Waals surface area contributed by atoms with Gasteiger partial charge in [-0.25, -0.2) is 4.39 Å². The van der Waals surface area contributed by atoms with Crippen LogP contribution in [0, 0.1) is 0 Å². The van der Waals surface area contributed by atoms with Gasteiger partial charge in [-0.15, -0.1) is 0 Å². The zero-order valence-electron chi connectivity index (χ0n) is 15.0. The number of hydrogen-bond donors (Lipinski definition) is 1. The molecular formula is C21H29FN2. The van der Waals surface area contributed by atoms with Gasteiger partial charge in [-0.3, -0.25) is 4.90 Å². The number of rotatable bonds is 9. The molecule has 2 nitrogen and oxygen atoms in total. The second-order valence-electron chi connectivity index (χ2n) is 6.77. The summed E-state index contributed by atoms with van der Waals surface area (Å²) in [6, 6.07) is 20.7. The normalized spacial score (nSPS) is 14.1. The summed E-state index contributed by atoms with van der Waals surface area (Å²) in [4.78, 5) is 2.19. The third-order valence-electron chi connectivity index (χ3n) is 4.07. The first-order valence-electron chi connectivity index (χ1n) is 8.75. The summed E-state index contributed by atoms with van der Waals surface area (Å²) in [7, 11) is 0. The van der Waals surface area contributed by atoms with Gasteiger partial charge in [0.2, 0.25) is 0 Å². The van der Waals surface area contributed by atoms with E-state index in [0.29, 0.717) is 6.54 Å². The molecule has 2 rings (SSSR count). The van der Waals surface area contributed by atoms with Crippen molar-refractivity contribution in [2.75, 3.05) is 6.54 Å². The summed E-state index contributed by atoms with van der Waals surface area (Å²) in [6.45, 7) is 7.96. The van der Waals surface area contributed by atoms with Crippen molar-refractivity contribution < 1.29 is 4.39 Å². The molecule has 0 saturated heterocycles. The van der Waals surface area contributed by atoms with Gasteiger partial charge in [-0.2, -0.15) is 0 Å². The molecule has 0 spiro atoms. The number of halogens is 1. The number of benzene rings is 2. The van der Waals surface area contributed by atoms with Gasteiger partial charge in [0.1, 0.15) is 6.17 Å². The largest absolute Gasteiger partial charge is 0.309 e. The lowest BCUT2D eigenvalue weighted by Crippen LogP contribution is -2.44. The van der Waals surface area contributed by atoms with Gasteiger partial charge in [-0.1, -0.05) is 74.5 Å². The van der Waals surface area contributed by atoms with E-state index in [2.05, 4.69) is 48.3 Å². The first kappa shape index (κ1) is 18.6. The van der Waals surface area contributed by atoms with E-state index in [1.165, 1.54) is 11.1 Å². The summed E-state index contributed by atoms with van der Waals surface area (Å²) in [5.74, 6) is 0. The van der Waals surface area contributed by atoms with Crippen molar-refractivity contribution in [2.45, 2.75) is 52.1 Å². The van der Waals surface area contributed by atoms with E-state index in [0.717, 1.165) is 13.1 Å². The van der Waals surface area contributed by atoms with E-state index >= 15 is 0 Å². The highest BCUT2D eigenvalue weighted by molar-refractivity contribution is 5.17. The molecule has 0 aromatic heterocycles. The van der Waals surface area contributed by atoms with E-state index in [4.69, 9.17) is 0 Å². The maximum absolute atomic E-state index is 14.7. The minimum absolute atomic E-state index is 0.154. The summed E-state index contributed by atoms with van der Waals surface area (Å²) < 4.78 is 14.7. The van der Waals surface area contributed by atoms with E-state index in [1.807, 2.05) is 43.3 Å². The predicted octanol–water partition coefficient (Wildman–Crippen LogP) is 4.41. The Labute approximate surface area is 145 Å². The van der Waals surface area contributed by atoms with Crippen LogP contribution in [0.1, 0.15) is 31.9 Å². The maximum atomic E-state index is 14.7. The Morgan fingerprint density at radius 3 is 1.71 bits per heavy atom. The van der Waals surface area contributed by atoms with Crippen LogP contribution in [0.25, 0.3) is 0 Å². The molecule has 0 heterocycles. The number of nitrogens with one attached hydrogen (secondary N) is 1. The molecule has 2 aromatic rings. The first-order chi connectivity index (χ1) is 11.5. The summed E-state index contributed by atoms with van der Waals surface area (Å²) in [5, 5.41) is 3.27. The molecule has 0 aliphatic heterocycles. The fourth-order valence-electron chi connectivity index (χ4n) is 2.90. The predicted molar refractivity (Wildman–Crippen MR) is 99.6 cm³/mol. The monoisotopic (exact) mass is 328 g/mol. The van der Waals surface area contributed by atoms with Crippen LogP contribution >= 0.6 is 0 Å². The van der Waals surface area contributed by atoms with Crippen LogP contribution < -0.4 is 5.32 Å². The van der Waals surface area contributed by atoms with Crippen LogP contribution in [-0.2, 0) is 13.1 Å². The Hall–Kier alpha value is -1.71. The fraction of sp³-hybridized carbons (Fsp3) is 0.429. The molecule has 2 aromatic carbocycles. The molecule has 0 amide bonds. The smallest absolute Gasteiger partial charge is 0.128 e. The molecule has 2 atom stereocenters. The van der Waals surface area contributed by atoms with Crippen molar-refractivity contribution >= 4 is 0 Å². The number of alkyl halides is 1. The Morgan fingerprint density at radius 2 is 1.29 bits per heavy atom. The Kier molecular flexibility index (Phi) is 7.41.